The number of sulfonamides is 1. The number of likely N-dealkylation sites (N-methyl/N-ethyl adjacent to an activating group) is 1. The van der Waals surface area contributed by atoms with Gasteiger partial charge in [-0.2, -0.15) is 0 Å². The summed E-state index contributed by atoms with van der Waals surface area (Å²) in [5.41, 5.74) is 1.40. The van der Waals surface area contributed by atoms with Crippen LogP contribution in [0.3, 0.4) is 0 Å². The van der Waals surface area contributed by atoms with E-state index in [0.29, 0.717) is 18.5 Å². The maximum Gasteiger partial charge on any atom is 0.241 e. The Morgan fingerprint density at radius 1 is 1.35 bits per heavy atom. The first-order chi connectivity index (χ1) is 9.42. The Kier molecular flexibility index (Phi) is 4.05. The van der Waals surface area contributed by atoms with Crippen LogP contribution in [0.25, 0.3) is 0 Å². The van der Waals surface area contributed by atoms with Crippen molar-refractivity contribution in [3.05, 3.63) is 23.8 Å². The minimum absolute atomic E-state index is 0.0779. The molecule has 0 saturated carbocycles. The van der Waals surface area contributed by atoms with Gasteiger partial charge in [0, 0.05) is 19.2 Å². The second kappa shape index (κ2) is 5.59. The molecule has 0 saturated heterocycles. The van der Waals surface area contributed by atoms with E-state index in [1.807, 2.05) is 0 Å². The number of fused-ring (bicyclic) bond motifs is 1. The first-order valence-electron chi connectivity index (χ1n) is 6.05. The van der Waals surface area contributed by atoms with Gasteiger partial charge in [0.1, 0.15) is 0 Å². The highest BCUT2D eigenvalue weighted by molar-refractivity contribution is 7.89. The zero-order valence-electron chi connectivity index (χ0n) is 10.9. The summed E-state index contributed by atoms with van der Waals surface area (Å²) in [5, 5.41) is 5.01. The molecule has 0 aliphatic carbocycles. The number of anilines is 1. The van der Waals surface area contributed by atoms with Crippen molar-refractivity contribution in [2.45, 2.75) is 17.7 Å². The number of nitrogens with one attached hydrogen (secondary N) is 3. The summed E-state index contributed by atoms with van der Waals surface area (Å²) in [6, 6.07) is 4.47. The molecule has 3 N–H and O–H groups in total. The maximum absolute atomic E-state index is 12.0. The molecule has 20 heavy (non-hydrogen) atoms. The third-order valence-corrected chi connectivity index (χ3v) is 4.38. The smallest absolute Gasteiger partial charge is 0.241 e. The van der Waals surface area contributed by atoms with Crippen LogP contribution in [0.1, 0.15) is 12.0 Å². The zero-order chi connectivity index (χ0) is 14.8. The van der Waals surface area contributed by atoms with E-state index in [1.165, 1.54) is 19.2 Å². The Hall–Kier alpha value is -1.93. The average Bonchev–Trinajstić information content (AvgIpc) is 2.44. The molecule has 108 valence electrons. The second-order valence-corrected chi connectivity index (χ2v) is 6.13. The summed E-state index contributed by atoms with van der Waals surface area (Å²) in [5.74, 6) is -0.496. The summed E-state index contributed by atoms with van der Waals surface area (Å²) in [6.45, 7) is -0.313. The van der Waals surface area contributed by atoms with Gasteiger partial charge in [-0.25, -0.2) is 13.1 Å². The lowest BCUT2D eigenvalue weighted by Crippen LogP contribution is -2.35. The van der Waals surface area contributed by atoms with E-state index >= 15 is 0 Å². The van der Waals surface area contributed by atoms with E-state index in [2.05, 4.69) is 15.4 Å². The fourth-order valence-electron chi connectivity index (χ4n) is 1.86. The Morgan fingerprint density at radius 2 is 2.10 bits per heavy atom. The van der Waals surface area contributed by atoms with Crippen LogP contribution in [0.4, 0.5) is 5.69 Å². The lowest BCUT2D eigenvalue weighted by atomic mass is 10.0. The third kappa shape index (κ3) is 3.14. The Labute approximate surface area is 116 Å². The molecule has 0 radical (unpaired) electrons. The van der Waals surface area contributed by atoms with Crippen molar-refractivity contribution in [1.29, 1.82) is 0 Å². The van der Waals surface area contributed by atoms with Crippen LogP contribution in [-0.4, -0.2) is 33.8 Å². The van der Waals surface area contributed by atoms with Gasteiger partial charge in [-0.05, 0) is 30.2 Å². The summed E-state index contributed by atoms with van der Waals surface area (Å²) < 4.78 is 26.3. The maximum atomic E-state index is 12.0. The number of rotatable bonds is 4. The van der Waals surface area contributed by atoms with Gasteiger partial charge < -0.3 is 10.6 Å². The first kappa shape index (κ1) is 14.5. The standard InChI is InChI=1S/C12H15N3O4S/c1-13-12(17)7-14-20(18,19)9-3-4-10-8(6-9)2-5-11(16)15-10/h3-4,6,14H,2,5,7H2,1H3,(H,13,17)(H,15,16). The number of carbonyl (C=O) groups is 2. The Bertz CT molecular complexity index is 655. The molecular weight excluding hydrogens is 282 g/mol. The highest BCUT2D eigenvalue weighted by Gasteiger charge is 2.20. The normalized spacial score (nSPS) is 14.3. The summed E-state index contributed by atoms with van der Waals surface area (Å²) in [4.78, 5) is 22.4. The van der Waals surface area contributed by atoms with Gasteiger partial charge in [0.25, 0.3) is 0 Å². The van der Waals surface area contributed by atoms with Gasteiger partial charge in [-0.3, -0.25) is 9.59 Å². The lowest BCUT2D eigenvalue weighted by Gasteiger charge is -2.17. The molecule has 0 unspecified atom stereocenters. The van der Waals surface area contributed by atoms with E-state index in [-0.39, 0.29) is 17.3 Å². The Balaban J connectivity index is 2.20. The van der Waals surface area contributed by atoms with E-state index in [1.54, 1.807) is 6.07 Å². The molecule has 0 spiro atoms. The molecule has 0 bridgehead atoms. The molecule has 1 aromatic carbocycles. The zero-order valence-corrected chi connectivity index (χ0v) is 11.7. The fraction of sp³-hybridized carbons (Fsp3) is 0.333. The van der Waals surface area contributed by atoms with Gasteiger partial charge in [0.2, 0.25) is 21.8 Å². The van der Waals surface area contributed by atoms with E-state index in [4.69, 9.17) is 0 Å². The van der Waals surface area contributed by atoms with E-state index < -0.39 is 15.9 Å². The van der Waals surface area contributed by atoms with Gasteiger partial charge in [0.05, 0.1) is 11.4 Å². The topological polar surface area (TPSA) is 104 Å². The molecule has 2 amide bonds. The van der Waals surface area contributed by atoms with Gasteiger partial charge >= 0.3 is 0 Å². The van der Waals surface area contributed by atoms with Crippen LogP contribution in [0.5, 0.6) is 0 Å². The fourth-order valence-corrected chi connectivity index (χ4v) is 2.89. The van der Waals surface area contributed by atoms with Crippen LogP contribution in [-0.2, 0) is 26.0 Å². The quantitative estimate of drug-likeness (QED) is 0.703. The minimum Gasteiger partial charge on any atom is -0.358 e. The molecular formula is C12H15N3O4S. The van der Waals surface area contributed by atoms with Crippen molar-refractivity contribution >= 4 is 27.5 Å². The summed E-state index contributed by atoms with van der Waals surface area (Å²) in [6.07, 6.45) is 0.835. The molecule has 2 rings (SSSR count). The van der Waals surface area contributed by atoms with Gasteiger partial charge in [-0.1, -0.05) is 0 Å². The van der Waals surface area contributed by atoms with Crippen molar-refractivity contribution in [3.63, 3.8) is 0 Å². The van der Waals surface area contributed by atoms with Crippen molar-refractivity contribution in [2.24, 2.45) is 0 Å². The second-order valence-electron chi connectivity index (χ2n) is 4.36. The van der Waals surface area contributed by atoms with E-state index in [0.717, 1.165) is 5.56 Å². The number of benzene rings is 1. The lowest BCUT2D eigenvalue weighted by molar-refractivity contribution is -0.119. The largest absolute Gasteiger partial charge is 0.358 e. The highest BCUT2D eigenvalue weighted by Crippen LogP contribution is 2.25. The molecule has 1 heterocycles. The SMILES string of the molecule is CNC(=O)CNS(=O)(=O)c1ccc2c(c1)CCC(=O)N2. The molecule has 1 aromatic rings. The predicted octanol–water partition coefficient (Wildman–Crippen LogP) is -0.404. The van der Waals surface area contributed by atoms with Crippen molar-refractivity contribution in [3.8, 4) is 0 Å². The monoisotopic (exact) mass is 297 g/mol. The number of hydrogen-bond donors (Lipinski definition) is 3. The number of hydrogen-bond acceptors (Lipinski definition) is 4. The first-order valence-corrected chi connectivity index (χ1v) is 7.54. The number of carbonyl (C=O) groups excluding carboxylic acids is 2. The predicted molar refractivity (Wildman–Crippen MR) is 72.6 cm³/mol. The van der Waals surface area contributed by atoms with Crippen LogP contribution in [0, 0.1) is 0 Å². The van der Waals surface area contributed by atoms with Gasteiger partial charge in [-0.15, -0.1) is 0 Å². The molecule has 1 aliphatic rings. The molecule has 1 aliphatic heterocycles. The van der Waals surface area contributed by atoms with E-state index in [9.17, 15) is 18.0 Å². The molecule has 7 nitrogen and oxygen atoms in total. The minimum atomic E-state index is -3.74. The van der Waals surface area contributed by atoms with Gasteiger partial charge in [0.15, 0.2) is 0 Å². The van der Waals surface area contributed by atoms with Crippen molar-refractivity contribution in [2.75, 3.05) is 18.9 Å². The Morgan fingerprint density at radius 3 is 2.80 bits per heavy atom. The third-order valence-electron chi connectivity index (χ3n) is 2.98. The number of amides is 2. The highest BCUT2D eigenvalue weighted by atomic mass is 32.2. The molecule has 0 fully saturated rings. The molecule has 0 atom stereocenters. The molecule has 8 heteroatoms. The van der Waals surface area contributed by atoms with Crippen LogP contribution < -0.4 is 15.4 Å². The van der Waals surface area contributed by atoms with Crippen molar-refractivity contribution < 1.29 is 18.0 Å². The summed E-state index contributed by atoms with van der Waals surface area (Å²) >= 11 is 0. The average molecular weight is 297 g/mol. The number of aryl methyl sites for hydroxylation is 1. The van der Waals surface area contributed by atoms with Crippen LogP contribution >= 0.6 is 0 Å². The van der Waals surface area contributed by atoms with Crippen molar-refractivity contribution in [1.82, 2.24) is 10.0 Å². The summed E-state index contributed by atoms with van der Waals surface area (Å²) in [7, 11) is -2.31. The van der Waals surface area contributed by atoms with Crippen LogP contribution in [0.2, 0.25) is 0 Å². The van der Waals surface area contributed by atoms with Crippen LogP contribution in [0.15, 0.2) is 23.1 Å². The molecule has 0 aromatic heterocycles.